The number of nitriles is 1. The molecule has 2 heterocycles. The number of rotatable bonds is 8. The molecule has 0 aliphatic carbocycles. The Morgan fingerprint density at radius 2 is 1.86 bits per heavy atom. The molecule has 1 aliphatic rings. The van der Waals surface area contributed by atoms with E-state index in [1.54, 1.807) is 19.3 Å². The normalized spacial score (nSPS) is 14.1. The van der Waals surface area contributed by atoms with Crippen molar-refractivity contribution in [3.05, 3.63) is 82.2 Å². The first kappa shape index (κ1) is 25.0. The van der Waals surface area contributed by atoms with Gasteiger partial charge in [0.05, 0.1) is 30.0 Å². The van der Waals surface area contributed by atoms with Crippen LogP contribution in [0.4, 0.5) is 0 Å². The van der Waals surface area contributed by atoms with Gasteiger partial charge in [-0.3, -0.25) is 9.69 Å². The minimum atomic E-state index is -0.00859. The largest absolute Gasteiger partial charge is 0.493 e. The summed E-state index contributed by atoms with van der Waals surface area (Å²) < 4.78 is 16.6. The van der Waals surface area contributed by atoms with Crippen molar-refractivity contribution in [2.24, 2.45) is 0 Å². The molecule has 0 bridgehead atoms. The summed E-state index contributed by atoms with van der Waals surface area (Å²) >= 11 is 0. The Morgan fingerprint density at radius 3 is 2.50 bits per heavy atom. The molecule has 8 heteroatoms. The molecule has 0 spiro atoms. The number of hydrogen-bond acceptors (Lipinski definition) is 7. The van der Waals surface area contributed by atoms with Crippen LogP contribution in [0.5, 0.6) is 11.5 Å². The van der Waals surface area contributed by atoms with Crippen molar-refractivity contribution in [1.82, 2.24) is 15.0 Å². The molecule has 2 aromatic carbocycles. The summed E-state index contributed by atoms with van der Waals surface area (Å²) in [5.74, 6) is 1.93. The summed E-state index contributed by atoms with van der Waals surface area (Å²) in [7, 11) is 1.59. The highest BCUT2D eigenvalue weighted by atomic mass is 16.5. The van der Waals surface area contributed by atoms with E-state index in [4.69, 9.17) is 19.3 Å². The second-order valence-corrected chi connectivity index (χ2v) is 8.75. The molecule has 1 aliphatic heterocycles. The van der Waals surface area contributed by atoms with E-state index in [1.165, 1.54) is 5.56 Å². The van der Waals surface area contributed by atoms with Crippen molar-refractivity contribution in [2.75, 3.05) is 33.3 Å². The summed E-state index contributed by atoms with van der Waals surface area (Å²) in [6, 6.07) is 15.4. The molecule has 4 rings (SSSR count). The zero-order chi connectivity index (χ0) is 25.5. The maximum Gasteiger partial charge on any atom is 0.246 e. The van der Waals surface area contributed by atoms with Crippen LogP contribution in [0, 0.1) is 25.2 Å². The van der Waals surface area contributed by atoms with Crippen molar-refractivity contribution in [3.63, 3.8) is 0 Å². The van der Waals surface area contributed by atoms with Crippen LogP contribution in [-0.2, 0) is 17.9 Å². The van der Waals surface area contributed by atoms with Crippen LogP contribution in [0.3, 0.4) is 0 Å². The van der Waals surface area contributed by atoms with E-state index in [1.807, 2.05) is 61.2 Å². The molecule has 186 valence electrons. The third-order valence-electron chi connectivity index (χ3n) is 6.33. The fraction of sp³-hybridized carbons (Fsp3) is 0.321. The number of piperazine rings is 1. The molecule has 1 aromatic heterocycles. The number of hydrogen-bond donors (Lipinski definition) is 0. The first-order valence-electron chi connectivity index (χ1n) is 11.9. The Bertz CT molecular complexity index is 1250. The third kappa shape index (κ3) is 6.12. The van der Waals surface area contributed by atoms with Crippen molar-refractivity contribution >= 4 is 12.0 Å². The summed E-state index contributed by atoms with van der Waals surface area (Å²) in [6.45, 7) is 7.86. The third-order valence-corrected chi connectivity index (χ3v) is 6.33. The average molecular weight is 487 g/mol. The predicted octanol–water partition coefficient (Wildman–Crippen LogP) is 4.11. The second kappa shape index (κ2) is 11.6. The van der Waals surface area contributed by atoms with Crippen LogP contribution in [0.25, 0.3) is 6.08 Å². The molecule has 0 radical (unpaired) electrons. The quantitative estimate of drug-likeness (QED) is 0.443. The summed E-state index contributed by atoms with van der Waals surface area (Å²) in [5, 5.41) is 12.9. The highest BCUT2D eigenvalue weighted by Gasteiger charge is 2.20. The number of amides is 1. The van der Waals surface area contributed by atoms with E-state index >= 15 is 0 Å². The fourth-order valence-electron chi connectivity index (χ4n) is 4.11. The van der Waals surface area contributed by atoms with Crippen LogP contribution >= 0.6 is 0 Å². The first-order valence-corrected chi connectivity index (χ1v) is 11.9. The van der Waals surface area contributed by atoms with Gasteiger partial charge in [-0.2, -0.15) is 5.26 Å². The van der Waals surface area contributed by atoms with Crippen molar-refractivity contribution < 1.29 is 18.8 Å². The first-order chi connectivity index (χ1) is 17.5. The molecule has 8 nitrogen and oxygen atoms in total. The SMILES string of the molecule is COc1cc(/C=C/C(=O)N2CCN(Cc3ccc(C#N)cc3)CC2)ccc1OCc1c(C)noc1C. The number of benzene rings is 2. The van der Waals surface area contributed by atoms with Crippen molar-refractivity contribution in [3.8, 4) is 17.6 Å². The molecule has 3 aromatic rings. The molecule has 0 atom stereocenters. The Morgan fingerprint density at radius 1 is 1.11 bits per heavy atom. The lowest BCUT2D eigenvalue weighted by Gasteiger charge is -2.34. The van der Waals surface area contributed by atoms with E-state index in [2.05, 4.69) is 16.1 Å². The Kier molecular flexibility index (Phi) is 8.03. The predicted molar refractivity (Wildman–Crippen MR) is 135 cm³/mol. The van der Waals surface area contributed by atoms with E-state index in [0.29, 0.717) is 36.8 Å². The van der Waals surface area contributed by atoms with Gasteiger partial charge in [0.15, 0.2) is 11.5 Å². The highest BCUT2D eigenvalue weighted by Crippen LogP contribution is 2.30. The highest BCUT2D eigenvalue weighted by molar-refractivity contribution is 5.92. The summed E-state index contributed by atoms with van der Waals surface area (Å²) in [4.78, 5) is 16.9. The van der Waals surface area contributed by atoms with Gasteiger partial charge in [0.25, 0.3) is 0 Å². The topological polar surface area (TPSA) is 91.8 Å². The smallest absolute Gasteiger partial charge is 0.246 e. The molecule has 1 amide bonds. The minimum Gasteiger partial charge on any atom is -0.493 e. The van der Waals surface area contributed by atoms with Gasteiger partial charge in [-0.25, -0.2) is 0 Å². The fourth-order valence-corrected chi connectivity index (χ4v) is 4.11. The van der Waals surface area contributed by atoms with E-state index < -0.39 is 0 Å². The zero-order valence-corrected chi connectivity index (χ0v) is 20.9. The number of aryl methyl sites for hydroxylation is 2. The molecule has 36 heavy (non-hydrogen) atoms. The standard InChI is InChI=1S/C28H30N4O4/c1-20-25(21(2)36-30-20)19-35-26-10-8-22(16-27(26)34-3)9-11-28(33)32-14-12-31(13-15-32)18-24-6-4-23(17-29)5-7-24/h4-11,16H,12-15,18-19H2,1-3H3/b11-9+. The Hall–Kier alpha value is -4.09. The molecule has 0 saturated carbocycles. The van der Waals surface area contributed by atoms with E-state index in [-0.39, 0.29) is 5.91 Å². The molecular formula is C28H30N4O4. The summed E-state index contributed by atoms with van der Waals surface area (Å²) in [5.41, 5.74) is 4.41. The van der Waals surface area contributed by atoms with Gasteiger partial charge >= 0.3 is 0 Å². The molecule has 0 unspecified atom stereocenters. The lowest BCUT2D eigenvalue weighted by Crippen LogP contribution is -2.47. The monoisotopic (exact) mass is 486 g/mol. The van der Waals surface area contributed by atoms with Crippen LogP contribution in [0.1, 0.15) is 33.7 Å². The second-order valence-electron chi connectivity index (χ2n) is 8.75. The van der Waals surface area contributed by atoms with Gasteiger partial charge in [-0.15, -0.1) is 0 Å². The minimum absolute atomic E-state index is 0.00859. The number of carbonyl (C=O) groups is 1. The van der Waals surface area contributed by atoms with Crippen LogP contribution in [0.2, 0.25) is 0 Å². The van der Waals surface area contributed by atoms with Crippen molar-refractivity contribution in [2.45, 2.75) is 27.0 Å². The van der Waals surface area contributed by atoms with Gasteiger partial charge in [-0.1, -0.05) is 23.4 Å². The van der Waals surface area contributed by atoms with Gasteiger partial charge in [0, 0.05) is 38.8 Å². The number of methoxy groups -OCH3 is 1. The van der Waals surface area contributed by atoms with Gasteiger partial charge in [0.1, 0.15) is 12.4 Å². The van der Waals surface area contributed by atoms with Gasteiger partial charge in [0.2, 0.25) is 5.91 Å². The molecular weight excluding hydrogens is 456 g/mol. The van der Waals surface area contributed by atoms with E-state index in [9.17, 15) is 4.79 Å². The van der Waals surface area contributed by atoms with Crippen LogP contribution < -0.4 is 9.47 Å². The molecule has 1 saturated heterocycles. The Balaban J connectivity index is 1.29. The zero-order valence-electron chi connectivity index (χ0n) is 20.9. The maximum atomic E-state index is 12.7. The van der Waals surface area contributed by atoms with Gasteiger partial charge < -0.3 is 18.9 Å². The number of ether oxygens (including phenoxy) is 2. The number of nitrogens with zero attached hydrogens (tertiary/aromatic N) is 4. The van der Waals surface area contributed by atoms with Crippen molar-refractivity contribution in [1.29, 1.82) is 5.26 Å². The van der Waals surface area contributed by atoms with Crippen LogP contribution in [0.15, 0.2) is 53.1 Å². The molecule has 0 N–H and O–H groups in total. The summed E-state index contributed by atoms with van der Waals surface area (Å²) in [6.07, 6.45) is 3.40. The lowest BCUT2D eigenvalue weighted by atomic mass is 10.1. The lowest BCUT2D eigenvalue weighted by molar-refractivity contribution is -0.127. The Labute approximate surface area is 211 Å². The molecule has 1 fully saturated rings. The maximum absolute atomic E-state index is 12.7. The number of carbonyl (C=O) groups excluding carboxylic acids is 1. The van der Waals surface area contributed by atoms with Gasteiger partial charge in [-0.05, 0) is 55.3 Å². The number of aromatic nitrogens is 1. The average Bonchev–Trinajstić information content (AvgIpc) is 3.23. The van der Waals surface area contributed by atoms with Crippen LogP contribution in [-0.4, -0.2) is 54.2 Å². The van der Waals surface area contributed by atoms with E-state index in [0.717, 1.165) is 42.2 Å².